The molecule has 98 valence electrons. The summed E-state index contributed by atoms with van der Waals surface area (Å²) in [4.78, 5) is 10.8. The van der Waals surface area contributed by atoms with E-state index < -0.39 is 0 Å². The van der Waals surface area contributed by atoms with Crippen molar-refractivity contribution in [2.24, 2.45) is 0 Å². The molecule has 0 N–H and O–H groups in total. The van der Waals surface area contributed by atoms with Crippen molar-refractivity contribution in [2.45, 2.75) is 46.6 Å². The number of benzene rings is 1. The molecule has 0 unspecified atom stereocenters. The van der Waals surface area contributed by atoms with Crippen molar-refractivity contribution in [2.75, 3.05) is 0 Å². The SMILES string of the molecule is CC(=O)CC/C=C/c1ccc(OC(C)C)c(C)c1. The molecule has 0 atom stereocenters. The quantitative estimate of drug-likeness (QED) is 0.753. The summed E-state index contributed by atoms with van der Waals surface area (Å²) in [5, 5.41) is 0. The van der Waals surface area contributed by atoms with Crippen molar-refractivity contribution in [3.05, 3.63) is 35.4 Å². The van der Waals surface area contributed by atoms with Crippen LogP contribution in [0, 0.1) is 6.92 Å². The van der Waals surface area contributed by atoms with E-state index in [0.717, 1.165) is 23.3 Å². The van der Waals surface area contributed by atoms with Gasteiger partial charge in [0.15, 0.2) is 0 Å². The Morgan fingerprint density at radius 2 is 2.11 bits per heavy atom. The molecule has 1 aromatic rings. The Hall–Kier alpha value is -1.57. The smallest absolute Gasteiger partial charge is 0.130 e. The van der Waals surface area contributed by atoms with Crippen LogP contribution < -0.4 is 4.74 Å². The third-order valence-corrected chi connectivity index (χ3v) is 2.54. The van der Waals surface area contributed by atoms with Crippen molar-refractivity contribution in [1.82, 2.24) is 0 Å². The highest BCUT2D eigenvalue weighted by Crippen LogP contribution is 2.21. The fraction of sp³-hybridized carbons (Fsp3) is 0.438. The zero-order valence-electron chi connectivity index (χ0n) is 11.7. The first-order valence-corrected chi connectivity index (χ1v) is 6.42. The van der Waals surface area contributed by atoms with Gasteiger partial charge in [0.25, 0.3) is 0 Å². The second-order valence-electron chi connectivity index (χ2n) is 4.83. The van der Waals surface area contributed by atoms with Crippen LogP contribution in [0.25, 0.3) is 6.08 Å². The molecule has 0 aromatic heterocycles. The number of ketones is 1. The molecule has 0 aliphatic rings. The predicted molar refractivity (Wildman–Crippen MR) is 75.9 cm³/mol. The molecule has 0 aliphatic heterocycles. The minimum Gasteiger partial charge on any atom is -0.491 e. The van der Waals surface area contributed by atoms with Crippen molar-refractivity contribution in [1.29, 1.82) is 0 Å². The summed E-state index contributed by atoms with van der Waals surface area (Å²) < 4.78 is 5.69. The fourth-order valence-electron chi connectivity index (χ4n) is 1.67. The van der Waals surface area contributed by atoms with E-state index in [1.807, 2.05) is 39.0 Å². The Balaban J connectivity index is 2.63. The molecule has 0 bridgehead atoms. The van der Waals surface area contributed by atoms with Gasteiger partial charge >= 0.3 is 0 Å². The maximum absolute atomic E-state index is 10.8. The van der Waals surface area contributed by atoms with Gasteiger partial charge in [-0.25, -0.2) is 0 Å². The van der Waals surface area contributed by atoms with Crippen molar-refractivity contribution in [3.8, 4) is 5.75 Å². The van der Waals surface area contributed by atoms with Gasteiger partial charge in [-0.2, -0.15) is 0 Å². The number of hydrogen-bond donors (Lipinski definition) is 0. The number of ether oxygens (including phenoxy) is 1. The molecule has 2 nitrogen and oxygen atoms in total. The first kappa shape index (κ1) is 14.5. The molecule has 1 aromatic carbocycles. The van der Waals surface area contributed by atoms with Gasteiger partial charge in [-0.3, -0.25) is 0 Å². The number of hydrogen-bond acceptors (Lipinski definition) is 2. The molecule has 18 heavy (non-hydrogen) atoms. The molecule has 0 aliphatic carbocycles. The first-order chi connectivity index (χ1) is 8.49. The lowest BCUT2D eigenvalue weighted by Crippen LogP contribution is -2.06. The fourth-order valence-corrected chi connectivity index (χ4v) is 1.67. The summed E-state index contributed by atoms with van der Waals surface area (Å²) in [6, 6.07) is 6.14. The summed E-state index contributed by atoms with van der Waals surface area (Å²) in [6.45, 7) is 7.71. The van der Waals surface area contributed by atoms with Gasteiger partial charge in [-0.05, 0) is 57.4 Å². The highest BCUT2D eigenvalue weighted by Gasteiger charge is 2.01. The second-order valence-corrected chi connectivity index (χ2v) is 4.83. The van der Waals surface area contributed by atoms with Crippen LogP contribution in [0.3, 0.4) is 0 Å². The highest BCUT2D eigenvalue weighted by molar-refractivity contribution is 5.75. The molecule has 0 saturated carbocycles. The van der Waals surface area contributed by atoms with Crippen LogP contribution in [0.1, 0.15) is 44.7 Å². The van der Waals surface area contributed by atoms with Crippen molar-refractivity contribution >= 4 is 11.9 Å². The molecular formula is C16H22O2. The second kappa shape index (κ2) is 7.00. The van der Waals surface area contributed by atoms with E-state index in [0.29, 0.717) is 6.42 Å². The van der Waals surface area contributed by atoms with E-state index in [1.165, 1.54) is 0 Å². The van der Waals surface area contributed by atoms with E-state index in [9.17, 15) is 4.79 Å². The van der Waals surface area contributed by atoms with Crippen LogP contribution in [0.15, 0.2) is 24.3 Å². The van der Waals surface area contributed by atoms with Crippen LogP contribution in [0.2, 0.25) is 0 Å². The number of allylic oxidation sites excluding steroid dienone is 1. The Labute approximate surface area is 110 Å². The van der Waals surface area contributed by atoms with Crippen LogP contribution in [-0.2, 0) is 4.79 Å². The van der Waals surface area contributed by atoms with E-state index in [1.54, 1.807) is 6.92 Å². The third-order valence-electron chi connectivity index (χ3n) is 2.54. The van der Waals surface area contributed by atoms with E-state index in [-0.39, 0.29) is 11.9 Å². The van der Waals surface area contributed by atoms with E-state index >= 15 is 0 Å². The number of carbonyl (C=O) groups is 1. The summed E-state index contributed by atoms with van der Waals surface area (Å²) in [5.41, 5.74) is 2.28. The highest BCUT2D eigenvalue weighted by atomic mass is 16.5. The van der Waals surface area contributed by atoms with Crippen LogP contribution in [0.4, 0.5) is 0 Å². The van der Waals surface area contributed by atoms with Gasteiger partial charge in [-0.1, -0.05) is 18.2 Å². The Morgan fingerprint density at radius 1 is 1.39 bits per heavy atom. The summed E-state index contributed by atoms with van der Waals surface area (Å²) in [5.74, 6) is 1.17. The standard InChI is InChI=1S/C16H22O2/c1-12(2)18-16-10-9-15(11-13(16)3)8-6-5-7-14(4)17/h6,8-12H,5,7H2,1-4H3/b8-6+. The van der Waals surface area contributed by atoms with Gasteiger partial charge in [0.2, 0.25) is 0 Å². The molecule has 0 heterocycles. The number of rotatable bonds is 6. The normalized spacial score (nSPS) is 11.2. The molecular weight excluding hydrogens is 224 g/mol. The van der Waals surface area contributed by atoms with Gasteiger partial charge in [0.1, 0.15) is 11.5 Å². The average Bonchev–Trinajstić information content (AvgIpc) is 2.27. The van der Waals surface area contributed by atoms with Gasteiger partial charge in [-0.15, -0.1) is 0 Å². The minimum atomic E-state index is 0.195. The first-order valence-electron chi connectivity index (χ1n) is 6.42. The molecule has 0 radical (unpaired) electrons. The minimum absolute atomic E-state index is 0.195. The molecule has 1 rings (SSSR count). The Bertz CT molecular complexity index is 431. The van der Waals surface area contributed by atoms with E-state index in [4.69, 9.17) is 4.74 Å². The van der Waals surface area contributed by atoms with Crippen LogP contribution >= 0.6 is 0 Å². The van der Waals surface area contributed by atoms with E-state index in [2.05, 4.69) is 12.1 Å². The molecule has 0 fully saturated rings. The molecule has 0 amide bonds. The van der Waals surface area contributed by atoms with Crippen molar-refractivity contribution < 1.29 is 9.53 Å². The maximum Gasteiger partial charge on any atom is 0.130 e. The maximum atomic E-state index is 10.8. The lowest BCUT2D eigenvalue weighted by Gasteiger charge is -2.12. The molecule has 2 heteroatoms. The summed E-state index contributed by atoms with van der Waals surface area (Å²) in [7, 11) is 0. The van der Waals surface area contributed by atoms with Gasteiger partial charge in [0, 0.05) is 6.42 Å². The number of Topliss-reactive ketones (excluding diaryl/α,β-unsaturated/α-hetero) is 1. The zero-order valence-corrected chi connectivity index (χ0v) is 11.7. The molecule has 0 spiro atoms. The predicted octanol–water partition coefficient (Wildman–Crippen LogP) is 4.16. The third kappa shape index (κ3) is 5.17. The van der Waals surface area contributed by atoms with Crippen LogP contribution in [-0.4, -0.2) is 11.9 Å². The average molecular weight is 246 g/mol. The lowest BCUT2D eigenvalue weighted by molar-refractivity contribution is -0.116. The van der Waals surface area contributed by atoms with Crippen molar-refractivity contribution in [3.63, 3.8) is 0 Å². The Kier molecular flexibility index (Phi) is 5.63. The largest absolute Gasteiger partial charge is 0.491 e. The van der Waals surface area contributed by atoms with Gasteiger partial charge < -0.3 is 9.53 Å². The van der Waals surface area contributed by atoms with Gasteiger partial charge in [0.05, 0.1) is 6.10 Å². The number of carbonyl (C=O) groups excluding carboxylic acids is 1. The van der Waals surface area contributed by atoms with Crippen LogP contribution in [0.5, 0.6) is 5.75 Å². The molecule has 0 saturated heterocycles. The topological polar surface area (TPSA) is 26.3 Å². The summed E-state index contributed by atoms with van der Waals surface area (Å²) >= 11 is 0. The monoisotopic (exact) mass is 246 g/mol. The number of aryl methyl sites for hydroxylation is 1. The summed E-state index contributed by atoms with van der Waals surface area (Å²) in [6.07, 6.45) is 5.71. The Morgan fingerprint density at radius 3 is 2.67 bits per heavy atom. The lowest BCUT2D eigenvalue weighted by atomic mass is 10.1. The zero-order chi connectivity index (χ0) is 13.5.